The summed E-state index contributed by atoms with van der Waals surface area (Å²) in [6, 6.07) is 44.6. The third-order valence-electron chi connectivity index (χ3n) is 7.36. The summed E-state index contributed by atoms with van der Waals surface area (Å²) in [5.74, 6) is 0. The Morgan fingerprint density at radius 3 is 1.61 bits per heavy atom. The van der Waals surface area contributed by atoms with Crippen molar-refractivity contribution in [3.63, 3.8) is 0 Å². The summed E-state index contributed by atoms with van der Waals surface area (Å²) in [5.41, 5.74) is 10.8. The zero-order chi connectivity index (χ0) is 25.1. The van der Waals surface area contributed by atoms with Crippen molar-refractivity contribution < 1.29 is 0 Å². The predicted molar refractivity (Wildman–Crippen MR) is 156 cm³/mol. The van der Waals surface area contributed by atoms with E-state index in [0.717, 1.165) is 66.5 Å². The largest absolute Gasteiger partial charge is 0.308 e. The molecule has 0 N–H and O–H groups in total. The van der Waals surface area contributed by atoms with E-state index < -0.39 is 0 Å². The average Bonchev–Trinajstić information content (AvgIpc) is 3.49. The van der Waals surface area contributed by atoms with Crippen LogP contribution < -0.4 is 0 Å². The van der Waals surface area contributed by atoms with E-state index in [9.17, 15) is 0 Å². The first-order valence-electron chi connectivity index (χ1n) is 12.8. The monoisotopic (exact) mass is 486 g/mol. The summed E-state index contributed by atoms with van der Waals surface area (Å²) >= 11 is 0. The van der Waals surface area contributed by atoms with Crippen LogP contribution in [-0.4, -0.2) is 19.1 Å². The van der Waals surface area contributed by atoms with Gasteiger partial charge in [-0.15, -0.1) is 0 Å². The summed E-state index contributed by atoms with van der Waals surface area (Å²) in [6.45, 7) is 0. The lowest BCUT2D eigenvalue weighted by Gasteiger charge is -2.10. The van der Waals surface area contributed by atoms with Gasteiger partial charge >= 0.3 is 0 Å². The molecule has 38 heavy (non-hydrogen) atoms. The van der Waals surface area contributed by atoms with Crippen molar-refractivity contribution in [1.29, 1.82) is 0 Å². The van der Waals surface area contributed by atoms with E-state index in [1.54, 1.807) is 0 Å². The van der Waals surface area contributed by atoms with Gasteiger partial charge in [0.05, 0.1) is 38.8 Å². The van der Waals surface area contributed by atoms with Crippen molar-refractivity contribution in [2.45, 2.75) is 0 Å². The van der Waals surface area contributed by atoms with Crippen molar-refractivity contribution in [3.8, 4) is 22.6 Å². The molecule has 0 atom stereocenters. The molecule has 0 saturated carbocycles. The van der Waals surface area contributed by atoms with Gasteiger partial charge in [-0.05, 0) is 54.6 Å². The molecule has 0 bridgehead atoms. The lowest BCUT2D eigenvalue weighted by Crippen LogP contribution is -1.96. The standard InChI is InChI=1S/C34H22N4/c1-2-10-24(11-3-1)37-29-15-6-4-12-26(29)33-31(37)22-32-34(36-33)27-13-5-7-16-30(27)38(32)25-19-17-23(18-20-25)28-14-8-9-21-35-28/h1-22H. The molecule has 0 radical (unpaired) electrons. The van der Waals surface area contributed by atoms with Gasteiger partial charge in [-0.25, -0.2) is 4.98 Å². The minimum Gasteiger partial charge on any atom is -0.308 e. The maximum atomic E-state index is 5.34. The summed E-state index contributed by atoms with van der Waals surface area (Å²) in [6.07, 6.45) is 1.83. The van der Waals surface area contributed by atoms with Crippen LogP contribution >= 0.6 is 0 Å². The van der Waals surface area contributed by atoms with Crippen molar-refractivity contribution in [2.24, 2.45) is 0 Å². The SMILES string of the molecule is c1ccc(-n2c3ccccc3c3nc4c5ccccc5n(-c5ccc(-c6ccccn6)cc5)c4cc32)cc1. The van der Waals surface area contributed by atoms with Crippen LogP contribution in [0.15, 0.2) is 134 Å². The Kier molecular flexibility index (Phi) is 4.49. The molecule has 4 heterocycles. The number of aromatic nitrogens is 4. The number of fused-ring (bicyclic) bond motifs is 6. The van der Waals surface area contributed by atoms with Gasteiger partial charge in [0.2, 0.25) is 0 Å². The van der Waals surface area contributed by atoms with Crippen LogP contribution in [0.5, 0.6) is 0 Å². The molecule has 4 nitrogen and oxygen atoms in total. The quantitative estimate of drug-likeness (QED) is 0.252. The molecule has 0 spiro atoms. The number of benzene rings is 4. The van der Waals surface area contributed by atoms with Crippen molar-refractivity contribution in [3.05, 3.63) is 134 Å². The third kappa shape index (κ3) is 3.04. The molecule has 4 aromatic heterocycles. The average molecular weight is 487 g/mol. The van der Waals surface area contributed by atoms with E-state index >= 15 is 0 Å². The molecule has 0 unspecified atom stereocenters. The van der Waals surface area contributed by atoms with Gasteiger partial charge in [0, 0.05) is 33.9 Å². The molecule has 8 aromatic rings. The number of hydrogen-bond donors (Lipinski definition) is 0. The molecular formula is C34H22N4. The van der Waals surface area contributed by atoms with Gasteiger partial charge in [0.1, 0.15) is 0 Å². The number of hydrogen-bond acceptors (Lipinski definition) is 2. The minimum absolute atomic E-state index is 0.969. The highest BCUT2D eigenvalue weighted by Crippen LogP contribution is 2.37. The summed E-state index contributed by atoms with van der Waals surface area (Å²) in [4.78, 5) is 9.85. The molecule has 0 aliphatic carbocycles. The zero-order valence-corrected chi connectivity index (χ0v) is 20.5. The Morgan fingerprint density at radius 1 is 0.447 bits per heavy atom. The summed E-state index contributed by atoms with van der Waals surface area (Å²) in [7, 11) is 0. The second-order valence-electron chi connectivity index (χ2n) is 9.53. The number of nitrogens with zero attached hydrogens (tertiary/aromatic N) is 4. The van der Waals surface area contributed by atoms with E-state index in [1.165, 1.54) is 0 Å². The molecule has 0 aliphatic rings. The molecule has 178 valence electrons. The van der Waals surface area contributed by atoms with Crippen LogP contribution in [-0.2, 0) is 0 Å². The second kappa shape index (κ2) is 8.15. The Labute approximate surface area is 219 Å². The van der Waals surface area contributed by atoms with Gasteiger partial charge in [-0.3, -0.25) is 4.98 Å². The molecule has 0 saturated heterocycles. The first-order valence-corrected chi connectivity index (χ1v) is 12.8. The number of para-hydroxylation sites is 3. The first kappa shape index (κ1) is 20.9. The van der Waals surface area contributed by atoms with Gasteiger partial charge in [-0.2, -0.15) is 0 Å². The van der Waals surface area contributed by atoms with Crippen LogP contribution in [0.2, 0.25) is 0 Å². The zero-order valence-electron chi connectivity index (χ0n) is 20.5. The van der Waals surface area contributed by atoms with Gasteiger partial charge in [-0.1, -0.05) is 72.8 Å². The molecule has 4 heteroatoms. The Balaban J connectivity index is 1.45. The van der Waals surface area contributed by atoms with Crippen LogP contribution in [0, 0.1) is 0 Å². The van der Waals surface area contributed by atoms with Crippen LogP contribution in [0.3, 0.4) is 0 Å². The number of pyridine rings is 2. The predicted octanol–water partition coefficient (Wildman–Crippen LogP) is 8.34. The second-order valence-corrected chi connectivity index (χ2v) is 9.53. The highest BCUT2D eigenvalue weighted by atomic mass is 15.0. The van der Waals surface area contributed by atoms with Crippen molar-refractivity contribution in [2.75, 3.05) is 0 Å². The molecule has 8 rings (SSSR count). The summed E-state index contributed by atoms with van der Waals surface area (Å²) in [5, 5.41) is 2.31. The maximum Gasteiger partial charge on any atom is 0.0972 e. The summed E-state index contributed by atoms with van der Waals surface area (Å²) < 4.78 is 4.65. The van der Waals surface area contributed by atoms with E-state index in [0.29, 0.717) is 0 Å². The fraction of sp³-hybridized carbons (Fsp3) is 0. The van der Waals surface area contributed by atoms with Gasteiger partial charge in [0.15, 0.2) is 0 Å². The molecule has 4 aromatic carbocycles. The Bertz CT molecular complexity index is 2100. The first-order chi connectivity index (χ1) is 18.9. The molecule has 0 amide bonds. The van der Waals surface area contributed by atoms with Crippen LogP contribution in [0.4, 0.5) is 0 Å². The van der Waals surface area contributed by atoms with Crippen LogP contribution in [0.1, 0.15) is 0 Å². The smallest absolute Gasteiger partial charge is 0.0972 e. The number of rotatable bonds is 3. The van der Waals surface area contributed by atoms with E-state index in [-0.39, 0.29) is 0 Å². The highest BCUT2D eigenvalue weighted by Gasteiger charge is 2.19. The fourth-order valence-corrected chi connectivity index (χ4v) is 5.68. The van der Waals surface area contributed by atoms with E-state index in [1.807, 2.05) is 24.4 Å². The molecule has 0 fully saturated rings. The topological polar surface area (TPSA) is 35.6 Å². The van der Waals surface area contributed by atoms with Gasteiger partial charge < -0.3 is 9.13 Å². The third-order valence-corrected chi connectivity index (χ3v) is 7.36. The lowest BCUT2D eigenvalue weighted by molar-refractivity contribution is 1.16. The van der Waals surface area contributed by atoms with Crippen molar-refractivity contribution >= 4 is 43.9 Å². The van der Waals surface area contributed by atoms with Crippen LogP contribution in [0.25, 0.3) is 66.5 Å². The van der Waals surface area contributed by atoms with E-state index in [2.05, 4.69) is 123 Å². The Hall–Kier alpha value is -5.22. The van der Waals surface area contributed by atoms with Gasteiger partial charge in [0.25, 0.3) is 0 Å². The molecular weight excluding hydrogens is 464 g/mol. The maximum absolute atomic E-state index is 5.34. The fourth-order valence-electron chi connectivity index (χ4n) is 5.68. The normalized spacial score (nSPS) is 11.7. The Morgan fingerprint density at radius 2 is 1.00 bits per heavy atom. The van der Waals surface area contributed by atoms with E-state index in [4.69, 9.17) is 4.98 Å². The minimum atomic E-state index is 0.969. The molecule has 0 aliphatic heterocycles. The highest BCUT2D eigenvalue weighted by molar-refractivity contribution is 6.15. The lowest BCUT2D eigenvalue weighted by atomic mass is 10.1. The van der Waals surface area contributed by atoms with Crippen molar-refractivity contribution in [1.82, 2.24) is 19.1 Å².